The van der Waals surface area contributed by atoms with E-state index >= 15 is 0 Å². The number of rotatable bonds is 5. The van der Waals surface area contributed by atoms with Gasteiger partial charge in [0.2, 0.25) is 0 Å². The van der Waals surface area contributed by atoms with Gasteiger partial charge in [-0.3, -0.25) is 0 Å². The van der Waals surface area contributed by atoms with E-state index in [1.54, 1.807) is 0 Å². The van der Waals surface area contributed by atoms with Crippen molar-refractivity contribution >= 4 is 0 Å². The summed E-state index contributed by atoms with van der Waals surface area (Å²) >= 11 is 0. The van der Waals surface area contributed by atoms with Gasteiger partial charge in [0.05, 0.1) is 0 Å². The molecule has 72 valence electrons. The Labute approximate surface area is 82.0 Å². The fourth-order valence-corrected chi connectivity index (χ4v) is 1.58. The zero-order valence-electron chi connectivity index (χ0n) is 8.84. The van der Waals surface area contributed by atoms with Crippen LogP contribution in [0.25, 0.3) is 0 Å². The maximum Gasteiger partial charge on any atom is -0.0279 e. The third-order valence-electron chi connectivity index (χ3n) is 2.47. The van der Waals surface area contributed by atoms with Crippen molar-refractivity contribution in [3.05, 3.63) is 35.4 Å². The molecule has 0 bridgehead atoms. The zero-order valence-corrected chi connectivity index (χ0v) is 8.84. The van der Waals surface area contributed by atoms with Gasteiger partial charge in [0.1, 0.15) is 0 Å². The number of aryl methyl sites for hydroxylation is 2. The van der Waals surface area contributed by atoms with Gasteiger partial charge in [0.25, 0.3) is 0 Å². The number of hydrogen-bond acceptors (Lipinski definition) is 0. The Morgan fingerprint density at radius 1 is 1.00 bits per heavy atom. The quantitative estimate of drug-likeness (QED) is 0.595. The van der Waals surface area contributed by atoms with Gasteiger partial charge in [-0.1, -0.05) is 51.0 Å². The van der Waals surface area contributed by atoms with Gasteiger partial charge in [-0.2, -0.15) is 0 Å². The molecule has 1 rings (SSSR count). The summed E-state index contributed by atoms with van der Waals surface area (Å²) in [5.74, 6) is 0. The fraction of sp³-hybridized carbons (Fsp3) is 0.538. The molecule has 0 aliphatic rings. The summed E-state index contributed by atoms with van der Waals surface area (Å²) < 4.78 is 0. The van der Waals surface area contributed by atoms with Gasteiger partial charge in [-0.05, 0) is 30.4 Å². The lowest BCUT2D eigenvalue weighted by Gasteiger charge is -2.02. The highest BCUT2D eigenvalue weighted by atomic mass is 14.0. The summed E-state index contributed by atoms with van der Waals surface area (Å²) in [6.45, 7) is 4.47. The molecule has 0 fully saturated rings. The van der Waals surface area contributed by atoms with Crippen molar-refractivity contribution in [3.63, 3.8) is 0 Å². The van der Waals surface area contributed by atoms with Gasteiger partial charge in [-0.25, -0.2) is 0 Å². The normalized spacial score (nSPS) is 10.3. The lowest BCUT2D eigenvalue weighted by Crippen LogP contribution is -1.87. The molecule has 0 saturated heterocycles. The average molecular weight is 176 g/mol. The highest BCUT2D eigenvalue weighted by Gasteiger charge is 1.94. The highest BCUT2D eigenvalue weighted by molar-refractivity contribution is 5.23. The molecule has 0 aliphatic carbocycles. The van der Waals surface area contributed by atoms with E-state index < -0.39 is 0 Å². The predicted octanol–water partition coefficient (Wildman–Crippen LogP) is 3.98. The maximum atomic E-state index is 2.34. The topological polar surface area (TPSA) is 0 Å². The summed E-state index contributed by atoms with van der Waals surface area (Å²) in [6, 6.07) is 8.98. The molecule has 1 aromatic carbocycles. The van der Waals surface area contributed by atoms with Gasteiger partial charge < -0.3 is 0 Å². The molecular weight excluding hydrogens is 156 g/mol. The average Bonchev–Trinajstić information content (AvgIpc) is 2.19. The van der Waals surface area contributed by atoms with Crippen LogP contribution in [0, 0.1) is 0 Å². The number of hydrogen-bond donors (Lipinski definition) is 0. The van der Waals surface area contributed by atoms with Crippen LogP contribution in [0.4, 0.5) is 0 Å². The second kappa shape index (κ2) is 5.80. The second-order valence-electron chi connectivity index (χ2n) is 3.63. The van der Waals surface area contributed by atoms with Crippen LogP contribution in [0.5, 0.6) is 0 Å². The molecule has 0 aliphatic heterocycles. The second-order valence-corrected chi connectivity index (χ2v) is 3.63. The van der Waals surface area contributed by atoms with Crippen LogP contribution in [0.3, 0.4) is 0 Å². The van der Waals surface area contributed by atoms with E-state index in [0.717, 1.165) is 6.42 Å². The van der Waals surface area contributed by atoms with Crippen LogP contribution in [0.15, 0.2) is 24.3 Å². The Kier molecular flexibility index (Phi) is 4.59. The minimum absolute atomic E-state index is 1.15. The Morgan fingerprint density at radius 3 is 2.46 bits per heavy atom. The van der Waals surface area contributed by atoms with Gasteiger partial charge in [0.15, 0.2) is 0 Å². The molecule has 0 unspecified atom stereocenters. The van der Waals surface area contributed by atoms with Gasteiger partial charge >= 0.3 is 0 Å². The molecule has 0 saturated carbocycles. The maximum absolute atomic E-state index is 2.34. The van der Waals surface area contributed by atoms with Crippen LogP contribution >= 0.6 is 0 Å². The minimum atomic E-state index is 1.15. The summed E-state index contributed by atoms with van der Waals surface area (Å²) in [6.07, 6.45) is 6.41. The summed E-state index contributed by atoms with van der Waals surface area (Å²) in [5.41, 5.74) is 2.97. The fourth-order valence-electron chi connectivity index (χ4n) is 1.58. The van der Waals surface area contributed by atoms with Crippen molar-refractivity contribution in [3.8, 4) is 0 Å². The van der Waals surface area contributed by atoms with E-state index in [4.69, 9.17) is 0 Å². The Morgan fingerprint density at radius 2 is 1.77 bits per heavy atom. The predicted molar refractivity (Wildman–Crippen MR) is 59.0 cm³/mol. The Hall–Kier alpha value is -0.780. The minimum Gasteiger partial charge on any atom is -0.0654 e. The van der Waals surface area contributed by atoms with E-state index in [0.29, 0.717) is 0 Å². The van der Waals surface area contributed by atoms with Crippen molar-refractivity contribution in [2.24, 2.45) is 0 Å². The van der Waals surface area contributed by atoms with Gasteiger partial charge in [0, 0.05) is 0 Å². The molecule has 0 N–H and O–H groups in total. The SMILES string of the molecule is CCCCCc1cccc(CC)c1. The third-order valence-corrected chi connectivity index (χ3v) is 2.47. The first-order chi connectivity index (χ1) is 6.36. The van der Waals surface area contributed by atoms with E-state index in [2.05, 4.69) is 38.1 Å². The third kappa shape index (κ3) is 3.63. The lowest BCUT2D eigenvalue weighted by molar-refractivity contribution is 0.717. The van der Waals surface area contributed by atoms with Crippen molar-refractivity contribution in [2.75, 3.05) is 0 Å². The van der Waals surface area contributed by atoms with Crippen LogP contribution in [0.2, 0.25) is 0 Å². The molecule has 0 aromatic heterocycles. The molecule has 0 atom stereocenters. The Balaban J connectivity index is 2.46. The summed E-state index contributed by atoms with van der Waals surface area (Å²) in [5, 5.41) is 0. The molecule has 0 nitrogen and oxygen atoms in total. The van der Waals surface area contributed by atoms with E-state index in [9.17, 15) is 0 Å². The van der Waals surface area contributed by atoms with E-state index in [1.807, 2.05) is 0 Å². The molecule has 1 aromatic rings. The number of benzene rings is 1. The largest absolute Gasteiger partial charge is 0.0654 e. The number of unbranched alkanes of at least 4 members (excludes halogenated alkanes) is 2. The smallest absolute Gasteiger partial charge is 0.0279 e. The van der Waals surface area contributed by atoms with E-state index in [-0.39, 0.29) is 0 Å². The van der Waals surface area contributed by atoms with E-state index in [1.165, 1.54) is 36.8 Å². The summed E-state index contributed by atoms with van der Waals surface area (Å²) in [7, 11) is 0. The summed E-state index contributed by atoms with van der Waals surface area (Å²) in [4.78, 5) is 0. The van der Waals surface area contributed by atoms with Crippen LogP contribution < -0.4 is 0 Å². The molecule has 0 heteroatoms. The first kappa shape index (κ1) is 10.3. The van der Waals surface area contributed by atoms with Crippen molar-refractivity contribution < 1.29 is 0 Å². The first-order valence-electron chi connectivity index (χ1n) is 5.44. The van der Waals surface area contributed by atoms with Crippen LogP contribution in [-0.2, 0) is 12.8 Å². The molecule has 13 heavy (non-hydrogen) atoms. The first-order valence-corrected chi connectivity index (χ1v) is 5.44. The molecular formula is C13H20. The Bertz CT molecular complexity index is 238. The van der Waals surface area contributed by atoms with Crippen molar-refractivity contribution in [1.82, 2.24) is 0 Å². The van der Waals surface area contributed by atoms with Crippen molar-refractivity contribution in [1.29, 1.82) is 0 Å². The zero-order chi connectivity index (χ0) is 9.52. The van der Waals surface area contributed by atoms with Gasteiger partial charge in [-0.15, -0.1) is 0 Å². The monoisotopic (exact) mass is 176 g/mol. The van der Waals surface area contributed by atoms with Crippen LogP contribution in [0.1, 0.15) is 44.2 Å². The lowest BCUT2D eigenvalue weighted by atomic mass is 10.0. The highest BCUT2D eigenvalue weighted by Crippen LogP contribution is 2.09. The molecule has 0 radical (unpaired) electrons. The van der Waals surface area contributed by atoms with Crippen molar-refractivity contribution in [2.45, 2.75) is 46.0 Å². The molecule has 0 heterocycles. The standard InChI is InChI=1S/C13H20/c1-3-5-6-8-13-10-7-9-12(4-2)11-13/h7,9-11H,3-6,8H2,1-2H3. The van der Waals surface area contributed by atoms with Crippen LogP contribution in [-0.4, -0.2) is 0 Å². The molecule has 0 spiro atoms. The molecule has 0 amide bonds.